The van der Waals surface area contributed by atoms with E-state index in [0.29, 0.717) is 6.54 Å². The Kier molecular flexibility index (Phi) is 3.37. The Balaban J connectivity index is 3.00. The van der Waals surface area contributed by atoms with E-state index in [1.807, 2.05) is 6.92 Å². The molecule has 1 aromatic heterocycles. The van der Waals surface area contributed by atoms with Crippen molar-refractivity contribution < 1.29 is 14.8 Å². The van der Waals surface area contributed by atoms with Crippen molar-refractivity contribution in [3.63, 3.8) is 0 Å². The fraction of sp³-hybridized carbons (Fsp3) is 0.500. The number of nitrogens with zero attached hydrogens (tertiary/aromatic N) is 3. The molecule has 0 unspecified atom stereocenters. The molecule has 1 aromatic rings. The summed E-state index contributed by atoms with van der Waals surface area (Å²) in [5.74, 6) is -1.63. The lowest BCUT2D eigenvalue weighted by atomic mass is 10.3. The molecule has 0 fully saturated rings. The topological polar surface area (TPSA) is 98.3 Å². The van der Waals surface area contributed by atoms with E-state index in [4.69, 9.17) is 5.11 Å². The summed E-state index contributed by atoms with van der Waals surface area (Å²) in [6.45, 7) is 2.32. The first-order chi connectivity index (χ1) is 7.06. The third-order valence-corrected chi connectivity index (χ3v) is 1.90. The zero-order chi connectivity index (χ0) is 11.4. The van der Waals surface area contributed by atoms with Crippen LogP contribution in [-0.2, 0) is 6.54 Å². The predicted octanol–water partition coefficient (Wildman–Crippen LogP) is 1.29. The Bertz CT molecular complexity index is 385. The molecule has 7 nitrogen and oxygen atoms in total. The summed E-state index contributed by atoms with van der Waals surface area (Å²) in [5.41, 5.74) is -0.143. The summed E-state index contributed by atoms with van der Waals surface area (Å²) in [6, 6.07) is 0.970. The van der Waals surface area contributed by atoms with Crippen LogP contribution >= 0.6 is 0 Å². The van der Waals surface area contributed by atoms with Crippen molar-refractivity contribution in [2.75, 3.05) is 0 Å². The zero-order valence-electron chi connectivity index (χ0n) is 8.21. The van der Waals surface area contributed by atoms with Gasteiger partial charge >= 0.3 is 11.8 Å². The van der Waals surface area contributed by atoms with Crippen LogP contribution in [-0.4, -0.2) is 25.8 Å². The van der Waals surface area contributed by atoms with Gasteiger partial charge in [-0.05, 0) is 11.3 Å². The van der Waals surface area contributed by atoms with E-state index >= 15 is 0 Å². The SMILES string of the molecule is CCCCn1nc([N+](=O)[O-])cc1C(=O)O. The van der Waals surface area contributed by atoms with Gasteiger partial charge < -0.3 is 15.2 Å². The highest BCUT2D eigenvalue weighted by molar-refractivity contribution is 5.86. The van der Waals surface area contributed by atoms with E-state index < -0.39 is 16.7 Å². The molecule has 15 heavy (non-hydrogen) atoms. The number of hydrogen-bond acceptors (Lipinski definition) is 4. The molecule has 0 bridgehead atoms. The molecule has 82 valence electrons. The second-order valence-electron chi connectivity index (χ2n) is 3.03. The van der Waals surface area contributed by atoms with Crippen molar-refractivity contribution in [2.24, 2.45) is 0 Å². The highest BCUT2D eigenvalue weighted by Crippen LogP contribution is 2.12. The molecule has 1 heterocycles. The van der Waals surface area contributed by atoms with Gasteiger partial charge in [-0.3, -0.25) is 0 Å². The van der Waals surface area contributed by atoms with E-state index in [0.717, 1.165) is 23.6 Å². The van der Waals surface area contributed by atoms with Crippen LogP contribution in [0.1, 0.15) is 30.3 Å². The third kappa shape index (κ3) is 2.52. The Morgan fingerprint density at radius 1 is 1.73 bits per heavy atom. The van der Waals surface area contributed by atoms with Gasteiger partial charge in [0.2, 0.25) is 0 Å². The van der Waals surface area contributed by atoms with Gasteiger partial charge in [0.25, 0.3) is 0 Å². The summed E-state index contributed by atoms with van der Waals surface area (Å²) in [4.78, 5) is 20.4. The van der Waals surface area contributed by atoms with Crippen LogP contribution in [0.5, 0.6) is 0 Å². The van der Waals surface area contributed by atoms with Gasteiger partial charge in [-0.15, -0.1) is 0 Å². The Labute approximate surface area is 85.5 Å². The molecule has 0 saturated carbocycles. The number of nitro groups is 1. The number of carboxylic acid groups (broad SMARTS) is 1. The first kappa shape index (κ1) is 11.2. The van der Waals surface area contributed by atoms with Gasteiger partial charge in [-0.1, -0.05) is 13.3 Å². The number of aromatic carboxylic acids is 1. The van der Waals surface area contributed by atoms with E-state index in [9.17, 15) is 14.9 Å². The van der Waals surface area contributed by atoms with Crippen molar-refractivity contribution in [3.8, 4) is 0 Å². The van der Waals surface area contributed by atoms with E-state index in [1.165, 1.54) is 0 Å². The maximum absolute atomic E-state index is 10.7. The number of carboxylic acids is 1. The molecular weight excluding hydrogens is 202 g/mol. The molecule has 0 radical (unpaired) electrons. The van der Waals surface area contributed by atoms with Crippen molar-refractivity contribution in [1.82, 2.24) is 9.78 Å². The number of aromatic nitrogens is 2. The molecule has 1 rings (SSSR count). The number of aryl methyl sites for hydroxylation is 1. The molecular formula is C8H11N3O4. The first-order valence-corrected chi connectivity index (χ1v) is 4.51. The van der Waals surface area contributed by atoms with Crippen LogP contribution in [0.2, 0.25) is 0 Å². The van der Waals surface area contributed by atoms with E-state index in [2.05, 4.69) is 5.10 Å². The van der Waals surface area contributed by atoms with E-state index in [-0.39, 0.29) is 5.69 Å². The minimum atomic E-state index is -1.20. The summed E-state index contributed by atoms with van der Waals surface area (Å²) in [5, 5.41) is 22.8. The first-order valence-electron chi connectivity index (χ1n) is 4.51. The minimum absolute atomic E-state index is 0.143. The normalized spacial score (nSPS) is 10.2. The molecule has 1 N–H and O–H groups in total. The molecule has 7 heteroatoms. The lowest BCUT2D eigenvalue weighted by Crippen LogP contribution is -2.09. The molecule has 0 amide bonds. The van der Waals surface area contributed by atoms with Gasteiger partial charge in [0.15, 0.2) is 5.69 Å². The smallest absolute Gasteiger partial charge is 0.390 e. The number of hydrogen-bond donors (Lipinski definition) is 1. The molecule has 0 saturated heterocycles. The molecule has 0 atom stereocenters. The lowest BCUT2D eigenvalue weighted by Gasteiger charge is -1.96. The van der Waals surface area contributed by atoms with E-state index in [1.54, 1.807) is 0 Å². The zero-order valence-corrected chi connectivity index (χ0v) is 8.21. The van der Waals surface area contributed by atoms with Crippen molar-refractivity contribution in [1.29, 1.82) is 0 Å². The van der Waals surface area contributed by atoms with Crippen LogP contribution < -0.4 is 0 Å². The predicted molar refractivity (Wildman–Crippen MR) is 50.7 cm³/mol. The fourth-order valence-corrected chi connectivity index (χ4v) is 1.14. The van der Waals surface area contributed by atoms with Crippen molar-refractivity contribution in [2.45, 2.75) is 26.3 Å². The number of rotatable bonds is 5. The van der Waals surface area contributed by atoms with Crippen LogP contribution in [0, 0.1) is 10.1 Å². The largest absolute Gasteiger partial charge is 0.476 e. The van der Waals surface area contributed by atoms with Crippen LogP contribution in [0.3, 0.4) is 0 Å². The fourth-order valence-electron chi connectivity index (χ4n) is 1.14. The Morgan fingerprint density at radius 2 is 2.40 bits per heavy atom. The summed E-state index contributed by atoms with van der Waals surface area (Å²) in [7, 11) is 0. The lowest BCUT2D eigenvalue weighted by molar-refractivity contribution is -0.389. The second-order valence-corrected chi connectivity index (χ2v) is 3.03. The molecule has 0 aromatic carbocycles. The minimum Gasteiger partial charge on any atom is -0.476 e. The standard InChI is InChI=1S/C8H11N3O4/c1-2-3-4-10-6(8(12)13)5-7(9-10)11(14)15/h5H,2-4H2,1H3,(H,12,13). The maximum Gasteiger partial charge on any atom is 0.390 e. The monoisotopic (exact) mass is 213 g/mol. The van der Waals surface area contributed by atoms with Gasteiger partial charge in [0.1, 0.15) is 0 Å². The molecule has 0 aliphatic heterocycles. The van der Waals surface area contributed by atoms with Crippen LogP contribution in [0.4, 0.5) is 5.82 Å². The number of carbonyl (C=O) groups is 1. The Morgan fingerprint density at radius 3 is 2.87 bits per heavy atom. The highest BCUT2D eigenvalue weighted by atomic mass is 16.6. The quantitative estimate of drug-likeness (QED) is 0.586. The van der Waals surface area contributed by atoms with Crippen LogP contribution in [0.25, 0.3) is 0 Å². The van der Waals surface area contributed by atoms with Crippen molar-refractivity contribution in [3.05, 3.63) is 21.9 Å². The average Bonchev–Trinajstić information content (AvgIpc) is 2.58. The molecule has 0 aliphatic rings. The van der Waals surface area contributed by atoms with Gasteiger partial charge in [-0.25, -0.2) is 4.79 Å². The third-order valence-electron chi connectivity index (χ3n) is 1.90. The van der Waals surface area contributed by atoms with Gasteiger partial charge in [-0.2, -0.15) is 4.68 Å². The average molecular weight is 213 g/mol. The Hall–Kier alpha value is -1.92. The summed E-state index contributed by atoms with van der Waals surface area (Å²) >= 11 is 0. The highest BCUT2D eigenvalue weighted by Gasteiger charge is 2.22. The summed E-state index contributed by atoms with van der Waals surface area (Å²) < 4.78 is 1.16. The van der Waals surface area contributed by atoms with Gasteiger partial charge in [0.05, 0.1) is 17.7 Å². The second kappa shape index (κ2) is 4.54. The molecule has 0 spiro atoms. The van der Waals surface area contributed by atoms with Crippen molar-refractivity contribution >= 4 is 11.8 Å². The molecule has 0 aliphatic carbocycles. The van der Waals surface area contributed by atoms with Gasteiger partial charge in [0, 0.05) is 0 Å². The summed E-state index contributed by atoms with van der Waals surface area (Å²) in [6.07, 6.45) is 1.60. The van der Waals surface area contributed by atoms with Crippen LogP contribution in [0.15, 0.2) is 6.07 Å². The maximum atomic E-state index is 10.7. The number of unbranched alkanes of at least 4 members (excludes halogenated alkanes) is 1.